The summed E-state index contributed by atoms with van der Waals surface area (Å²) in [4.78, 5) is 6.91. The van der Waals surface area contributed by atoms with Crippen molar-refractivity contribution in [2.75, 3.05) is 6.54 Å². The molecule has 1 atom stereocenters. The predicted molar refractivity (Wildman–Crippen MR) is 75.6 cm³/mol. The number of hydrogen-bond acceptors (Lipinski definition) is 2. The van der Waals surface area contributed by atoms with E-state index in [0.717, 1.165) is 37.3 Å². The summed E-state index contributed by atoms with van der Waals surface area (Å²) in [5.41, 5.74) is 0.709. The van der Waals surface area contributed by atoms with Crippen molar-refractivity contribution in [3.63, 3.8) is 0 Å². The molecule has 3 rings (SSSR count). The van der Waals surface area contributed by atoms with Gasteiger partial charge in [0.2, 0.25) is 0 Å². The standard InChI is InChI=1S/C12H12F3N3.2ClH/c13-12(14,15)8-4-7-5-10(9-2-1-3-16-9)18-11(7)17-6-8;;/h4-6,9,16H,1-3H2,(H,17,18);2*1H. The number of hydrogen-bond donors (Lipinski definition) is 2. The Morgan fingerprint density at radius 2 is 1.95 bits per heavy atom. The van der Waals surface area contributed by atoms with Gasteiger partial charge in [0.25, 0.3) is 0 Å². The zero-order chi connectivity index (χ0) is 12.8. The Morgan fingerprint density at radius 3 is 2.55 bits per heavy atom. The molecule has 112 valence electrons. The largest absolute Gasteiger partial charge is 0.417 e. The maximum absolute atomic E-state index is 12.6. The molecule has 0 bridgehead atoms. The third-order valence-corrected chi connectivity index (χ3v) is 3.25. The van der Waals surface area contributed by atoms with E-state index in [9.17, 15) is 13.2 Å². The first-order valence-corrected chi connectivity index (χ1v) is 5.83. The zero-order valence-corrected chi connectivity index (χ0v) is 12.0. The molecule has 2 aromatic heterocycles. The van der Waals surface area contributed by atoms with Gasteiger partial charge in [0.05, 0.1) is 5.56 Å². The lowest BCUT2D eigenvalue weighted by Gasteiger charge is -2.05. The van der Waals surface area contributed by atoms with E-state index in [2.05, 4.69) is 15.3 Å². The Bertz CT molecular complexity index is 577. The molecule has 0 saturated carbocycles. The molecule has 2 N–H and O–H groups in total. The van der Waals surface area contributed by atoms with Gasteiger partial charge in [0.15, 0.2) is 0 Å². The Labute approximate surface area is 126 Å². The maximum atomic E-state index is 12.6. The van der Waals surface area contributed by atoms with E-state index in [1.54, 1.807) is 6.07 Å². The van der Waals surface area contributed by atoms with Gasteiger partial charge in [-0.2, -0.15) is 13.2 Å². The molecule has 1 aliphatic rings. The number of nitrogens with one attached hydrogen (secondary N) is 2. The second-order valence-electron chi connectivity index (χ2n) is 4.53. The van der Waals surface area contributed by atoms with Crippen LogP contribution in [-0.4, -0.2) is 16.5 Å². The minimum Gasteiger partial charge on any atom is -0.342 e. The Balaban J connectivity index is 0.000001000. The lowest BCUT2D eigenvalue weighted by Crippen LogP contribution is -2.12. The van der Waals surface area contributed by atoms with Gasteiger partial charge in [-0.15, -0.1) is 24.8 Å². The monoisotopic (exact) mass is 327 g/mol. The summed E-state index contributed by atoms with van der Waals surface area (Å²) in [6.07, 6.45) is -1.39. The van der Waals surface area contributed by atoms with Crippen molar-refractivity contribution in [3.05, 3.63) is 29.6 Å². The number of pyridine rings is 1. The molecule has 1 saturated heterocycles. The molecule has 0 radical (unpaired) electrons. The van der Waals surface area contributed by atoms with Crippen molar-refractivity contribution >= 4 is 35.8 Å². The average Bonchev–Trinajstić information content (AvgIpc) is 2.95. The first kappa shape index (κ1) is 17.1. The van der Waals surface area contributed by atoms with Crippen LogP contribution in [0.4, 0.5) is 13.2 Å². The normalized spacial score (nSPS) is 18.6. The zero-order valence-electron chi connectivity index (χ0n) is 10.3. The lowest BCUT2D eigenvalue weighted by atomic mass is 10.1. The Kier molecular flexibility index (Phi) is 5.29. The minimum absolute atomic E-state index is 0. The van der Waals surface area contributed by atoms with Crippen LogP contribution in [-0.2, 0) is 6.18 Å². The number of H-pyrrole nitrogens is 1. The number of nitrogens with zero attached hydrogens (tertiary/aromatic N) is 1. The first-order valence-electron chi connectivity index (χ1n) is 5.83. The first-order chi connectivity index (χ1) is 8.54. The number of aromatic nitrogens is 2. The summed E-state index contributed by atoms with van der Waals surface area (Å²) in [5, 5.41) is 3.81. The highest BCUT2D eigenvalue weighted by Crippen LogP contribution is 2.31. The minimum atomic E-state index is -4.34. The van der Waals surface area contributed by atoms with E-state index in [4.69, 9.17) is 0 Å². The fourth-order valence-corrected chi connectivity index (χ4v) is 2.33. The van der Waals surface area contributed by atoms with Gasteiger partial charge in [-0.3, -0.25) is 0 Å². The molecule has 0 aromatic carbocycles. The van der Waals surface area contributed by atoms with Crippen LogP contribution in [0.1, 0.15) is 30.1 Å². The van der Waals surface area contributed by atoms with Gasteiger partial charge in [0.1, 0.15) is 5.65 Å². The molecule has 3 nitrogen and oxygen atoms in total. The molecule has 0 spiro atoms. The molecular formula is C12H14Cl2F3N3. The second kappa shape index (κ2) is 6.20. The van der Waals surface area contributed by atoms with E-state index < -0.39 is 11.7 Å². The number of alkyl halides is 3. The van der Waals surface area contributed by atoms with Crippen LogP contribution in [0.2, 0.25) is 0 Å². The van der Waals surface area contributed by atoms with Crippen molar-refractivity contribution in [3.8, 4) is 0 Å². The van der Waals surface area contributed by atoms with Crippen molar-refractivity contribution in [1.82, 2.24) is 15.3 Å². The molecule has 1 aliphatic heterocycles. The van der Waals surface area contributed by atoms with Gasteiger partial charge in [-0.25, -0.2) is 4.98 Å². The van der Waals surface area contributed by atoms with Crippen molar-refractivity contribution in [2.45, 2.75) is 25.1 Å². The van der Waals surface area contributed by atoms with E-state index in [-0.39, 0.29) is 30.9 Å². The molecule has 3 heterocycles. The summed E-state index contributed by atoms with van der Waals surface area (Å²) >= 11 is 0. The molecule has 20 heavy (non-hydrogen) atoms. The van der Waals surface area contributed by atoms with Gasteiger partial charge < -0.3 is 10.3 Å². The third-order valence-electron chi connectivity index (χ3n) is 3.25. The van der Waals surface area contributed by atoms with Crippen LogP contribution in [0.25, 0.3) is 11.0 Å². The molecule has 1 unspecified atom stereocenters. The van der Waals surface area contributed by atoms with Crippen LogP contribution >= 0.6 is 24.8 Å². The van der Waals surface area contributed by atoms with E-state index >= 15 is 0 Å². The summed E-state index contributed by atoms with van der Waals surface area (Å²) in [6, 6.07) is 3.09. The summed E-state index contributed by atoms with van der Waals surface area (Å²) in [5.74, 6) is 0. The topological polar surface area (TPSA) is 40.7 Å². The SMILES string of the molecule is Cl.Cl.FC(F)(F)c1cnc2[nH]c(C3CCCN3)cc2c1. The molecule has 0 aliphatic carbocycles. The maximum Gasteiger partial charge on any atom is 0.417 e. The van der Waals surface area contributed by atoms with Crippen molar-refractivity contribution in [2.24, 2.45) is 0 Å². The van der Waals surface area contributed by atoms with Crippen LogP contribution in [0, 0.1) is 0 Å². The van der Waals surface area contributed by atoms with E-state index in [0.29, 0.717) is 11.0 Å². The molecular weight excluding hydrogens is 314 g/mol. The molecule has 2 aromatic rings. The van der Waals surface area contributed by atoms with Crippen molar-refractivity contribution < 1.29 is 13.2 Å². The number of rotatable bonds is 1. The third kappa shape index (κ3) is 3.19. The smallest absolute Gasteiger partial charge is 0.342 e. The summed E-state index contributed by atoms with van der Waals surface area (Å²) in [7, 11) is 0. The van der Waals surface area contributed by atoms with Crippen LogP contribution in [0.15, 0.2) is 18.3 Å². The molecule has 8 heteroatoms. The quantitative estimate of drug-likeness (QED) is 0.835. The molecule has 1 fully saturated rings. The van der Waals surface area contributed by atoms with E-state index in [1.807, 2.05) is 0 Å². The summed E-state index contributed by atoms with van der Waals surface area (Å²) < 4.78 is 37.7. The van der Waals surface area contributed by atoms with Gasteiger partial charge in [-0.05, 0) is 31.5 Å². The highest BCUT2D eigenvalue weighted by atomic mass is 35.5. The van der Waals surface area contributed by atoms with Gasteiger partial charge in [-0.1, -0.05) is 0 Å². The van der Waals surface area contributed by atoms with Gasteiger partial charge in [0, 0.05) is 23.3 Å². The number of aromatic amines is 1. The highest BCUT2D eigenvalue weighted by molar-refractivity contribution is 5.85. The molecule has 0 amide bonds. The summed E-state index contributed by atoms with van der Waals surface area (Å²) in [6.45, 7) is 0.946. The van der Waals surface area contributed by atoms with Crippen LogP contribution < -0.4 is 5.32 Å². The fourth-order valence-electron chi connectivity index (χ4n) is 2.33. The predicted octanol–water partition coefficient (Wildman–Crippen LogP) is 3.85. The van der Waals surface area contributed by atoms with Crippen LogP contribution in [0.5, 0.6) is 0 Å². The van der Waals surface area contributed by atoms with Gasteiger partial charge >= 0.3 is 6.18 Å². The van der Waals surface area contributed by atoms with Crippen LogP contribution in [0.3, 0.4) is 0 Å². The number of fused-ring (bicyclic) bond motifs is 1. The Morgan fingerprint density at radius 1 is 1.20 bits per heavy atom. The van der Waals surface area contributed by atoms with E-state index in [1.165, 1.54) is 0 Å². The Hall–Kier alpha value is -0.980. The second-order valence-corrected chi connectivity index (χ2v) is 4.53. The fraction of sp³-hybridized carbons (Fsp3) is 0.417. The number of halogens is 5. The van der Waals surface area contributed by atoms with Crippen molar-refractivity contribution in [1.29, 1.82) is 0 Å². The average molecular weight is 328 g/mol. The highest BCUT2D eigenvalue weighted by Gasteiger charge is 2.31. The lowest BCUT2D eigenvalue weighted by molar-refractivity contribution is -0.137.